The van der Waals surface area contributed by atoms with Crippen LogP contribution in [0.4, 0.5) is 5.69 Å². The van der Waals surface area contributed by atoms with Crippen LogP contribution in [0.15, 0.2) is 51.6 Å². The molecule has 1 fully saturated rings. The van der Waals surface area contributed by atoms with Crippen LogP contribution in [0, 0.1) is 10.1 Å². The van der Waals surface area contributed by atoms with Crippen LogP contribution in [-0.2, 0) is 19.1 Å². The summed E-state index contributed by atoms with van der Waals surface area (Å²) in [4.78, 5) is 58.4. The molecule has 1 atom stereocenters. The Balaban J connectivity index is 1.65. The fraction of sp³-hybridized carbons (Fsp3) is 0.417. The number of esters is 1. The summed E-state index contributed by atoms with van der Waals surface area (Å²) in [6.45, 7) is 5.31. The first kappa shape index (κ1) is 25.4. The average molecular weight is 514 g/mol. The number of carbonyl (C=O) groups is 3. The van der Waals surface area contributed by atoms with E-state index in [1.807, 2.05) is 17.2 Å². The van der Waals surface area contributed by atoms with E-state index in [0.29, 0.717) is 60.3 Å². The number of benzene rings is 1. The third-order valence-electron chi connectivity index (χ3n) is 6.46. The molecule has 0 aromatic heterocycles. The van der Waals surface area contributed by atoms with Crippen molar-refractivity contribution in [3.8, 4) is 0 Å². The van der Waals surface area contributed by atoms with E-state index in [2.05, 4.69) is 4.99 Å². The van der Waals surface area contributed by atoms with Crippen LogP contribution in [0.2, 0.25) is 0 Å². The summed E-state index contributed by atoms with van der Waals surface area (Å²) in [7, 11) is 1.30. The van der Waals surface area contributed by atoms with Crippen LogP contribution in [0.1, 0.15) is 38.3 Å². The fourth-order valence-corrected chi connectivity index (χ4v) is 5.48. The molecule has 190 valence electrons. The largest absolute Gasteiger partial charge is 0.466 e. The van der Waals surface area contributed by atoms with Gasteiger partial charge in [-0.2, -0.15) is 0 Å². The molecule has 4 rings (SSSR count). The van der Waals surface area contributed by atoms with Crippen molar-refractivity contribution >= 4 is 40.4 Å². The molecule has 0 aliphatic carbocycles. The molecule has 3 heterocycles. The van der Waals surface area contributed by atoms with E-state index in [-0.39, 0.29) is 23.9 Å². The van der Waals surface area contributed by atoms with E-state index in [0.717, 1.165) is 0 Å². The summed E-state index contributed by atoms with van der Waals surface area (Å²) in [5.74, 6) is -0.634. The number of aliphatic imine (C=N–C) groups is 1. The van der Waals surface area contributed by atoms with Gasteiger partial charge in [-0.25, -0.2) is 9.79 Å². The van der Waals surface area contributed by atoms with Crippen molar-refractivity contribution in [2.75, 3.05) is 33.3 Å². The molecule has 0 N–H and O–H groups in total. The van der Waals surface area contributed by atoms with Gasteiger partial charge in [0.25, 0.3) is 5.69 Å². The maximum Gasteiger partial charge on any atom is 0.338 e. The summed E-state index contributed by atoms with van der Waals surface area (Å²) < 4.78 is 5.09. The van der Waals surface area contributed by atoms with Gasteiger partial charge >= 0.3 is 5.97 Å². The number of non-ortho nitro benzene ring substituents is 1. The Labute approximate surface area is 212 Å². The van der Waals surface area contributed by atoms with Gasteiger partial charge in [0.05, 0.1) is 35.8 Å². The Hall–Kier alpha value is -3.67. The SMILES string of the molecule is CCC1=C(C(=O)OC)[C@H](c2ccc([N+](=O)[O-])cc2)N2C(CC(=O)N3CCN(C(C)=O)CC3)=CSC2=N1. The van der Waals surface area contributed by atoms with E-state index < -0.39 is 16.9 Å². The minimum absolute atomic E-state index is 0.00837. The lowest BCUT2D eigenvalue weighted by molar-refractivity contribution is -0.384. The van der Waals surface area contributed by atoms with Crippen molar-refractivity contribution in [3.63, 3.8) is 0 Å². The van der Waals surface area contributed by atoms with Gasteiger partial charge in [-0.05, 0) is 29.5 Å². The summed E-state index contributed by atoms with van der Waals surface area (Å²) in [5.41, 5.74) is 2.18. The molecule has 0 unspecified atom stereocenters. The third kappa shape index (κ3) is 4.85. The lowest BCUT2D eigenvalue weighted by Crippen LogP contribution is -2.50. The molecule has 2 amide bonds. The Morgan fingerprint density at radius 1 is 1.14 bits per heavy atom. The quantitative estimate of drug-likeness (QED) is 0.323. The molecular formula is C24H27N5O6S. The zero-order valence-corrected chi connectivity index (χ0v) is 21.1. The monoisotopic (exact) mass is 513 g/mol. The number of nitro benzene ring substituents is 1. The second-order valence-electron chi connectivity index (χ2n) is 8.51. The van der Waals surface area contributed by atoms with Crippen LogP contribution in [0.3, 0.4) is 0 Å². The van der Waals surface area contributed by atoms with Gasteiger partial charge in [-0.15, -0.1) is 0 Å². The minimum Gasteiger partial charge on any atom is -0.466 e. The van der Waals surface area contributed by atoms with E-state index in [1.54, 1.807) is 21.9 Å². The molecular weight excluding hydrogens is 486 g/mol. The zero-order valence-electron chi connectivity index (χ0n) is 20.3. The molecule has 36 heavy (non-hydrogen) atoms. The number of hydrogen-bond donors (Lipinski definition) is 0. The van der Waals surface area contributed by atoms with Crippen LogP contribution >= 0.6 is 11.8 Å². The smallest absolute Gasteiger partial charge is 0.338 e. The van der Waals surface area contributed by atoms with Gasteiger partial charge in [0.1, 0.15) is 0 Å². The molecule has 0 bridgehead atoms. The number of carbonyl (C=O) groups excluding carboxylic acids is 3. The molecule has 0 radical (unpaired) electrons. The number of amidine groups is 1. The molecule has 1 aromatic rings. The summed E-state index contributed by atoms with van der Waals surface area (Å²) in [6.07, 6.45) is 0.575. The van der Waals surface area contributed by atoms with Crippen molar-refractivity contribution in [1.82, 2.24) is 14.7 Å². The lowest BCUT2D eigenvalue weighted by atomic mass is 9.92. The number of allylic oxidation sites excluding steroid dienone is 1. The zero-order chi connectivity index (χ0) is 26.0. The van der Waals surface area contributed by atoms with Gasteiger partial charge in [0, 0.05) is 50.9 Å². The topological polar surface area (TPSA) is 126 Å². The number of thioether (sulfide) groups is 1. The molecule has 3 aliphatic heterocycles. The van der Waals surface area contributed by atoms with Crippen LogP contribution in [0.25, 0.3) is 0 Å². The third-order valence-corrected chi connectivity index (χ3v) is 7.35. The van der Waals surface area contributed by atoms with Crippen LogP contribution in [0.5, 0.6) is 0 Å². The highest BCUT2D eigenvalue weighted by molar-refractivity contribution is 8.16. The first-order valence-electron chi connectivity index (χ1n) is 11.6. The number of rotatable bonds is 6. The lowest BCUT2D eigenvalue weighted by Gasteiger charge is -2.38. The van der Waals surface area contributed by atoms with Crippen molar-refractivity contribution < 1.29 is 24.0 Å². The molecule has 1 aromatic carbocycles. The highest BCUT2D eigenvalue weighted by Crippen LogP contribution is 2.45. The first-order valence-corrected chi connectivity index (χ1v) is 12.5. The van der Waals surface area contributed by atoms with Crippen molar-refractivity contribution in [3.05, 3.63) is 62.3 Å². The predicted octanol–water partition coefficient (Wildman–Crippen LogP) is 2.81. The predicted molar refractivity (Wildman–Crippen MR) is 134 cm³/mol. The Kier molecular flexibility index (Phi) is 7.43. The van der Waals surface area contributed by atoms with Gasteiger partial charge in [0.2, 0.25) is 11.8 Å². The van der Waals surface area contributed by atoms with Crippen LogP contribution < -0.4 is 0 Å². The highest BCUT2D eigenvalue weighted by atomic mass is 32.2. The van der Waals surface area contributed by atoms with Gasteiger partial charge < -0.3 is 19.4 Å². The molecule has 12 heteroatoms. The number of ether oxygens (including phenoxy) is 1. The van der Waals surface area contributed by atoms with Gasteiger partial charge in [0.15, 0.2) is 5.17 Å². The normalized spacial score (nSPS) is 19.5. The number of hydrogen-bond acceptors (Lipinski definition) is 9. The molecule has 11 nitrogen and oxygen atoms in total. The molecule has 0 saturated carbocycles. The number of nitro groups is 1. The second kappa shape index (κ2) is 10.5. The number of amides is 2. The van der Waals surface area contributed by atoms with Crippen molar-refractivity contribution in [2.45, 2.75) is 32.7 Å². The highest BCUT2D eigenvalue weighted by Gasteiger charge is 2.42. The summed E-state index contributed by atoms with van der Waals surface area (Å²) in [6, 6.07) is 5.38. The fourth-order valence-electron chi connectivity index (χ4n) is 4.54. The number of piperazine rings is 1. The maximum absolute atomic E-state index is 13.2. The van der Waals surface area contributed by atoms with E-state index in [1.165, 1.54) is 37.9 Å². The average Bonchev–Trinajstić information content (AvgIpc) is 3.29. The number of methoxy groups -OCH3 is 1. The maximum atomic E-state index is 13.2. The van der Waals surface area contributed by atoms with Crippen molar-refractivity contribution in [2.24, 2.45) is 4.99 Å². The Bertz CT molecular complexity index is 1180. The Morgan fingerprint density at radius 2 is 1.78 bits per heavy atom. The number of nitrogens with zero attached hydrogens (tertiary/aromatic N) is 5. The first-order chi connectivity index (χ1) is 17.2. The molecule has 0 spiro atoms. The van der Waals surface area contributed by atoms with Gasteiger partial charge in [-0.1, -0.05) is 18.7 Å². The standard InChI is InChI=1S/C24H27N5O6S/c1-4-19-21(23(32)35-3)22(16-5-7-17(8-6-16)29(33)34)28-18(14-36-24(28)25-19)13-20(31)27-11-9-26(10-12-27)15(2)30/h5-8,14,22H,4,9-13H2,1-3H3/t22-/m0/s1. The van der Waals surface area contributed by atoms with E-state index in [4.69, 9.17) is 4.74 Å². The van der Waals surface area contributed by atoms with Crippen molar-refractivity contribution in [1.29, 1.82) is 0 Å². The van der Waals surface area contributed by atoms with Gasteiger partial charge in [-0.3, -0.25) is 19.7 Å². The molecule has 3 aliphatic rings. The summed E-state index contributed by atoms with van der Waals surface area (Å²) in [5, 5.41) is 13.7. The summed E-state index contributed by atoms with van der Waals surface area (Å²) >= 11 is 1.37. The Morgan fingerprint density at radius 3 is 2.33 bits per heavy atom. The van der Waals surface area contributed by atoms with Crippen LogP contribution in [-0.4, -0.2) is 75.9 Å². The number of fused-ring (bicyclic) bond motifs is 1. The minimum atomic E-state index is -0.649. The van der Waals surface area contributed by atoms with E-state index in [9.17, 15) is 24.5 Å². The van der Waals surface area contributed by atoms with E-state index >= 15 is 0 Å². The molecule has 1 saturated heterocycles. The second-order valence-corrected chi connectivity index (χ2v) is 9.35.